The van der Waals surface area contributed by atoms with Crippen molar-refractivity contribution >= 4 is 22.9 Å². The molecule has 1 aromatic carbocycles. The highest BCUT2D eigenvalue weighted by atomic mass is 35.5. The Kier molecular flexibility index (Phi) is 3.82. The Hall–Kier alpha value is -0.970. The Morgan fingerprint density at radius 1 is 1.42 bits per heavy atom. The molecule has 1 saturated carbocycles. The molecule has 1 N–H and O–H groups in total. The molecular formula is C14H14ClFN2S. The van der Waals surface area contributed by atoms with E-state index >= 15 is 0 Å². The lowest BCUT2D eigenvalue weighted by Gasteiger charge is -2.03. The normalized spacial score (nSPS) is 14.8. The van der Waals surface area contributed by atoms with Gasteiger partial charge in [-0.05, 0) is 25.0 Å². The number of hydrogen-bond acceptors (Lipinski definition) is 3. The fraction of sp³-hybridized carbons (Fsp3) is 0.357. The fourth-order valence-electron chi connectivity index (χ4n) is 1.90. The number of hydrogen-bond donors (Lipinski definition) is 1. The summed E-state index contributed by atoms with van der Waals surface area (Å²) >= 11 is 7.58. The van der Waals surface area contributed by atoms with Crippen LogP contribution in [-0.2, 0) is 13.0 Å². The molecule has 100 valence electrons. The first-order valence-corrected chi connectivity index (χ1v) is 7.57. The van der Waals surface area contributed by atoms with Crippen LogP contribution in [0.3, 0.4) is 0 Å². The Labute approximate surface area is 120 Å². The lowest BCUT2D eigenvalue weighted by Crippen LogP contribution is -2.15. The minimum absolute atomic E-state index is 0.264. The lowest BCUT2D eigenvalue weighted by atomic mass is 10.1. The van der Waals surface area contributed by atoms with Gasteiger partial charge in [-0.15, -0.1) is 11.3 Å². The molecule has 2 nitrogen and oxygen atoms in total. The maximum Gasteiger partial charge on any atom is 0.128 e. The maximum absolute atomic E-state index is 13.7. The predicted octanol–water partition coefficient (Wildman–Crippen LogP) is 3.78. The van der Waals surface area contributed by atoms with E-state index < -0.39 is 0 Å². The van der Waals surface area contributed by atoms with Crippen LogP contribution in [0.4, 0.5) is 4.39 Å². The first-order chi connectivity index (χ1) is 9.22. The first kappa shape index (κ1) is 13.0. The van der Waals surface area contributed by atoms with Crippen molar-refractivity contribution < 1.29 is 4.39 Å². The third-order valence-corrected chi connectivity index (χ3v) is 4.39. The second-order valence-corrected chi connectivity index (χ2v) is 6.11. The average molecular weight is 297 g/mol. The third-order valence-electron chi connectivity index (χ3n) is 3.14. The number of aromatic nitrogens is 1. The molecule has 0 atom stereocenters. The molecule has 1 heterocycles. The molecule has 0 unspecified atom stereocenters. The molecule has 3 rings (SSSR count). The molecule has 0 radical (unpaired) electrons. The van der Waals surface area contributed by atoms with E-state index in [4.69, 9.17) is 11.6 Å². The van der Waals surface area contributed by atoms with Crippen LogP contribution in [-0.4, -0.2) is 11.0 Å². The van der Waals surface area contributed by atoms with Crippen LogP contribution in [0.5, 0.6) is 0 Å². The smallest absolute Gasteiger partial charge is 0.128 e. The summed E-state index contributed by atoms with van der Waals surface area (Å²) in [5, 5.41) is 6.81. The molecule has 19 heavy (non-hydrogen) atoms. The van der Waals surface area contributed by atoms with Crippen LogP contribution in [0.15, 0.2) is 23.6 Å². The molecular weight excluding hydrogens is 283 g/mol. The number of benzene rings is 1. The van der Waals surface area contributed by atoms with Crippen LogP contribution < -0.4 is 5.32 Å². The number of nitrogens with zero attached hydrogens (tertiary/aromatic N) is 1. The Morgan fingerprint density at radius 2 is 2.26 bits per heavy atom. The summed E-state index contributed by atoms with van der Waals surface area (Å²) in [6.07, 6.45) is 2.99. The number of rotatable bonds is 5. The molecule has 2 aromatic rings. The summed E-state index contributed by atoms with van der Waals surface area (Å²) in [6.45, 7) is 0.798. The first-order valence-electron chi connectivity index (χ1n) is 6.32. The molecule has 0 amide bonds. The van der Waals surface area contributed by atoms with E-state index in [1.165, 1.54) is 18.9 Å². The van der Waals surface area contributed by atoms with Crippen LogP contribution >= 0.6 is 22.9 Å². The van der Waals surface area contributed by atoms with Crippen molar-refractivity contribution in [2.45, 2.75) is 31.8 Å². The van der Waals surface area contributed by atoms with E-state index in [2.05, 4.69) is 10.3 Å². The zero-order valence-corrected chi connectivity index (χ0v) is 11.9. The van der Waals surface area contributed by atoms with Gasteiger partial charge >= 0.3 is 0 Å². The topological polar surface area (TPSA) is 24.9 Å². The van der Waals surface area contributed by atoms with E-state index in [-0.39, 0.29) is 5.82 Å². The molecule has 1 aromatic heterocycles. The largest absolute Gasteiger partial charge is 0.308 e. The minimum Gasteiger partial charge on any atom is -0.308 e. The monoisotopic (exact) mass is 296 g/mol. The highest BCUT2D eigenvalue weighted by Gasteiger charge is 2.20. The van der Waals surface area contributed by atoms with E-state index in [1.54, 1.807) is 23.5 Å². The minimum atomic E-state index is -0.264. The molecule has 0 spiro atoms. The number of thiazole rings is 1. The van der Waals surface area contributed by atoms with Gasteiger partial charge in [0.15, 0.2) is 0 Å². The van der Waals surface area contributed by atoms with Gasteiger partial charge in [-0.25, -0.2) is 9.37 Å². The fourth-order valence-corrected chi connectivity index (χ4v) is 2.94. The molecule has 1 aliphatic rings. The average Bonchev–Trinajstić information content (AvgIpc) is 3.11. The van der Waals surface area contributed by atoms with Crippen LogP contribution in [0, 0.1) is 5.82 Å². The molecule has 1 aliphatic carbocycles. The predicted molar refractivity (Wildman–Crippen MR) is 76.2 cm³/mol. The lowest BCUT2D eigenvalue weighted by molar-refractivity contribution is 0.613. The highest BCUT2D eigenvalue weighted by molar-refractivity contribution is 7.09. The van der Waals surface area contributed by atoms with Gasteiger partial charge in [-0.2, -0.15) is 0 Å². The Morgan fingerprint density at radius 3 is 3.00 bits per heavy atom. The summed E-state index contributed by atoms with van der Waals surface area (Å²) in [4.78, 5) is 4.52. The molecule has 5 heteroatoms. The molecule has 1 fully saturated rings. The van der Waals surface area contributed by atoms with Crippen molar-refractivity contribution in [1.82, 2.24) is 10.3 Å². The van der Waals surface area contributed by atoms with Crippen molar-refractivity contribution in [3.8, 4) is 0 Å². The van der Waals surface area contributed by atoms with Gasteiger partial charge in [-0.3, -0.25) is 0 Å². The van der Waals surface area contributed by atoms with Gasteiger partial charge < -0.3 is 5.32 Å². The van der Waals surface area contributed by atoms with E-state index in [1.807, 2.05) is 5.38 Å². The maximum atomic E-state index is 13.7. The molecule has 0 bridgehead atoms. The van der Waals surface area contributed by atoms with Gasteiger partial charge in [-0.1, -0.05) is 17.7 Å². The van der Waals surface area contributed by atoms with Crippen molar-refractivity contribution in [2.24, 2.45) is 0 Å². The quantitative estimate of drug-likeness (QED) is 0.908. The van der Waals surface area contributed by atoms with Gasteiger partial charge in [0.1, 0.15) is 5.82 Å². The van der Waals surface area contributed by atoms with Gasteiger partial charge in [0.05, 0.1) is 10.7 Å². The summed E-state index contributed by atoms with van der Waals surface area (Å²) < 4.78 is 13.7. The number of halogens is 2. The molecule has 0 aliphatic heterocycles. The zero-order valence-electron chi connectivity index (χ0n) is 10.3. The SMILES string of the molecule is Fc1cccc(Cl)c1Cc1nc(CNC2CC2)cs1. The summed E-state index contributed by atoms with van der Waals surface area (Å²) in [5.41, 5.74) is 1.56. The third kappa shape index (κ3) is 3.32. The second kappa shape index (κ2) is 5.57. The Bertz CT molecular complexity index is 560. The van der Waals surface area contributed by atoms with Crippen molar-refractivity contribution in [3.05, 3.63) is 50.7 Å². The highest BCUT2D eigenvalue weighted by Crippen LogP contribution is 2.24. The summed E-state index contributed by atoms with van der Waals surface area (Å²) in [5.74, 6) is -0.264. The van der Waals surface area contributed by atoms with E-state index in [0.29, 0.717) is 23.0 Å². The van der Waals surface area contributed by atoms with E-state index in [0.717, 1.165) is 17.2 Å². The zero-order chi connectivity index (χ0) is 13.2. The summed E-state index contributed by atoms with van der Waals surface area (Å²) in [7, 11) is 0. The van der Waals surface area contributed by atoms with Crippen LogP contribution in [0.2, 0.25) is 5.02 Å². The van der Waals surface area contributed by atoms with E-state index in [9.17, 15) is 4.39 Å². The van der Waals surface area contributed by atoms with Gasteiger partial charge in [0.2, 0.25) is 0 Å². The van der Waals surface area contributed by atoms with Gasteiger partial charge in [0, 0.05) is 35.0 Å². The second-order valence-electron chi connectivity index (χ2n) is 4.76. The standard InChI is InChI=1S/C14H14ClFN2S/c15-12-2-1-3-13(16)11(12)6-14-18-10(8-19-14)7-17-9-4-5-9/h1-3,8-9,17H,4-7H2. The Balaban J connectivity index is 1.68. The number of nitrogens with one attached hydrogen (secondary N) is 1. The van der Waals surface area contributed by atoms with Crippen molar-refractivity contribution in [3.63, 3.8) is 0 Å². The summed E-state index contributed by atoms with van der Waals surface area (Å²) in [6, 6.07) is 5.44. The van der Waals surface area contributed by atoms with Crippen molar-refractivity contribution in [2.75, 3.05) is 0 Å². The molecule has 0 saturated heterocycles. The van der Waals surface area contributed by atoms with Crippen LogP contribution in [0.25, 0.3) is 0 Å². The van der Waals surface area contributed by atoms with Crippen molar-refractivity contribution in [1.29, 1.82) is 0 Å². The van der Waals surface area contributed by atoms with Gasteiger partial charge in [0.25, 0.3) is 0 Å². The van der Waals surface area contributed by atoms with Crippen LogP contribution in [0.1, 0.15) is 29.1 Å².